The van der Waals surface area contributed by atoms with Gasteiger partial charge in [-0.05, 0) is 24.7 Å². The molecule has 0 saturated heterocycles. The molecular weight excluding hydrogens is 262 g/mol. The summed E-state index contributed by atoms with van der Waals surface area (Å²) in [5, 5.41) is 11.7. The summed E-state index contributed by atoms with van der Waals surface area (Å²) < 4.78 is 4.51. The molecule has 0 aromatic heterocycles. The number of nitrogens with one attached hydrogen (secondary N) is 1. The van der Waals surface area contributed by atoms with Crippen LogP contribution >= 0.6 is 0 Å². The van der Waals surface area contributed by atoms with Crippen molar-refractivity contribution >= 4 is 17.8 Å². The van der Waals surface area contributed by atoms with E-state index in [9.17, 15) is 14.4 Å². The van der Waals surface area contributed by atoms with Gasteiger partial charge in [0.2, 0.25) is 5.91 Å². The molecule has 0 radical (unpaired) electrons. The smallest absolute Gasteiger partial charge is 0.305 e. The second-order valence-electron chi connectivity index (χ2n) is 5.48. The van der Waals surface area contributed by atoms with Crippen LogP contribution < -0.4 is 5.32 Å². The van der Waals surface area contributed by atoms with Gasteiger partial charge in [-0.2, -0.15) is 0 Å². The molecule has 114 valence electrons. The molecule has 0 aromatic carbocycles. The first kappa shape index (κ1) is 16.5. The average Bonchev–Trinajstić information content (AvgIpc) is 2.81. The van der Waals surface area contributed by atoms with Crippen molar-refractivity contribution in [3.05, 3.63) is 0 Å². The monoisotopic (exact) mass is 285 g/mol. The summed E-state index contributed by atoms with van der Waals surface area (Å²) in [6, 6.07) is 0. The van der Waals surface area contributed by atoms with Gasteiger partial charge in [-0.25, -0.2) is 0 Å². The Morgan fingerprint density at radius 3 is 2.40 bits per heavy atom. The van der Waals surface area contributed by atoms with Crippen LogP contribution in [0.2, 0.25) is 0 Å². The number of amides is 1. The highest BCUT2D eigenvalue weighted by Crippen LogP contribution is 2.43. The van der Waals surface area contributed by atoms with Gasteiger partial charge in [0.05, 0.1) is 13.5 Å². The van der Waals surface area contributed by atoms with Crippen LogP contribution in [-0.2, 0) is 19.1 Å². The zero-order valence-electron chi connectivity index (χ0n) is 11.9. The van der Waals surface area contributed by atoms with Crippen molar-refractivity contribution in [1.82, 2.24) is 5.32 Å². The number of carboxylic acid groups (broad SMARTS) is 1. The number of aliphatic carboxylic acids is 1. The van der Waals surface area contributed by atoms with Crippen molar-refractivity contribution < 1.29 is 24.2 Å². The van der Waals surface area contributed by atoms with Crippen LogP contribution in [0.25, 0.3) is 0 Å². The highest BCUT2D eigenvalue weighted by Gasteiger charge is 2.37. The van der Waals surface area contributed by atoms with Gasteiger partial charge in [0, 0.05) is 19.4 Å². The van der Waals surface area contributed by atoms with Crippen LogP contribution in [0.4, 0.5) is 0 Å². The Balaban J connectivity index is 2.32. The molecule has 0 heterocycles. The van der Waals surface area contributed by atoms with E-state index in [2.05, 4.69) is 10.1 Å². The molecule has 2 N–H and O–H groups in total. The lowest BCUT2D eigenvalue weighted by atomic mass is 9.79. The van der Waals surface area contributed by atoms with Gasteiger partial charge in [-0.3, -0.25) is 14.4 Å². The Bertz CT molecular complexity index is 361. The van der Waals surface area contributed by atoms with E-state index in [4.69, 9.17) is 5.11 Å². The Kier molecular flexibility index (Phi) is 6.48. The van der Waals surface area contributed by atoms with E-state index in [1.54, 1.807) is 0 Å². The number of ether oxygens (including phenoxy) is 1. The first-order chi connectivity index (χ1) is 9.47. The van der Waals surface area contributed by atoms with Crippen LogP contribution in [0, 0.1) is 5.41 Å². The van der Waals surface area contributed by atoms with E-state index < -0.39 is 5.97 Å². The number of carbonyl (C=O) groups excluding carboxylic acids is 2. The third-order valence-corrected chi connectivity index (χ3v) is 3.83. The molecule has 1 amide bonds. The van der Waals surface area contributed by atoms with Gasteiger partial charge < -0.3 is 15.2 Å². The van der Waals surface area contributed by atoms with Gasteiger partial charge in [0.15, 0.2) is 0 Å². The molecule has 0 unspecified atom stereocenters. The number of methoxy groups -OCH3 is 1. The third-order valence-electron chi connectivity index (χ3n) is 3.83. The standard InChI is InChI=1S/C14H23NO5/c1-20-13(19)5-4-8-15-11(16)9-14(10-12(17)18)6-2-3-7-14/h2-10H2,1H3,(H,15,16)(H,17,18). The molecule has 1 aliphatic rings. The van der Waals surface area contributed by atoms with E-state index in [1.165, 1.54) is 7.11 Å². The lowest BCUT2D eigenvalue weighted by Crippen LogP contribution is -2.32. The maximum Gasteiger partial charge on any atom is 0.305 e. The molecule has 0 aromatic rings. The summed E-state index contributed by atoms with van der Waals surface area (Å²) >= 11 is 0. The average molecular weight is 285 g/mol. The Morgan fingerprint density at radius 2 is 1.85 bits per heavy atom. The van der Waals surface area contributed by atoms with Gasteiger partial charge >= 0.3 is 11.9 Å². The molecule has 0 aliphatic heterocycles. The Morgan fingerprint density at radius 1 is 1.20 bits per heavy atom. The molecule has 6 heteroatoms. The van der Waals surface area contributed by atoms with Crippen molar-refractivity contribution in [1.29, 1.82) is 0 Å². The van der Waals surface area contributed by atoms with Crippen LogP contribution in [-0.4, -0.2) is 36.6 Å². The van der Waals surface area contributed by atoms with E-state index >= 15 is 0 Å². The first-order valence-electron chi connectivity index (χ1n) is 7.03. The largest absolute Gasteiger partial charge is 0.481 e. The highest BCUT2D eigenvalue weighted by atomic mass is 16.5. The van der Waals surface area contributed by atoms with Crippen molar-refractivity contribution in [3.63, 3.8) is 0 Å². The summed E-state index contributed by atoms with van der Waals surface area (Å²) in [7, 11) is 1.33. The second-order valence-corrected chi connectivity index (χ2v) is 5.48. The molecular formula is C14H23NO5. The minimum atomic E-state index is -0.842. The lowest BCUT2D eigenvalue weighted by Gasteiger charge is -2.26. The van der Waals surface area contributed by atoms with Gasteiger partial charge in [-0.1, -0.05) is 12.8 Å². The molecule has 1 fully saturated rings. The first-order valence-corrected chi connectivity index (χ1v) is 7.03. The summed E-state index contributed by atoms with van der Waals surface area (Å²) in [6.45, 7) is 0.414. The van der Waals surface area contributed by atoms with E-state index in [-0.39, 0.29) is 36.6 Å². The van der Waals surface area contributed by atoms with Gasteiger partial charge in [-0.15, -0.1) is 0 Å². The predicted octanol–water partition coefficient (Wildman–Crippen LogP) is 1.48. The normalized spacial score (nSPS) is 16.6. The zero-order valence-corrected chi connectivity index (χ0v) is 11.9. The maximum absolute atomic E-state index is 11.9. The van der Waals surface area contributed by atoms with Crippen molar-refractivity contribution in [2.45, 2.75) is 51.4 Å². The van der Waals surface area contributed by atoms with Crippen molar-refractivity contribution in [3.8, 4) is 0 Å². The minimum Gasteiger partial charge on any atom is -0.481 e. The molecule has 6 nitrogen and oxygen atoms in total. The number of esters is 1. The molecule has 1 aliphatic carbocycles. The number of rotatable bonds is 8. The van der Waals surface area contributed by atoms with Crippen LogP contribution in [0.1, 0.15) is 51.4 Å². The van der Waals surface area contributed by atoms with Crippen LogP contribution in [0.15, 0.2) is 0 Å². The third kappa shape index (κ3) is 5.59. The molecule has 0 spiro atoms. The molecule has 0 bridgehead atoms. The molecule has 1 rings (SSSR count). The Labute approximate surface area is 118 Å². The van der Waals surface area contributed by atoms with Crippen LogP contribution in [0.3, 0.4) is 0 Å². The topological polar surface area (TPSA) is 92.7 Å². The lowest BCUT2D eigenvalue weighted by molar-refractivity contribution is -0.142. The predicted molar refractivity (Wildman–Crippen MR) is 72.0 cm³/mol. The molecule has 20 heavy (non-hydrogen) atoms. The SMILES string of the molecule is COC(=O)CCCNC(=O)CC1(CC(=O)O)CCCC1. The fourth-order valence-corrected chi connectivity index (χ4v) is 2.83. The quantitative estimate of drug-likeness (QED) is 0.520. The molecule has 0 atom stereocenters. The summed E-state index contributed by atoms with van der Waals surface area (Å²) in [4.78, 5) is 33.7. The maximum atomic E-state index is 11.9. The second kappa shape index (κ2) is 7.87. The van der Waals surface area contributed by atoms with E-state index in [0.717, 1.165) is 25.7 Å². The minimum absolute atomic E-state index is 0.0581. The number of carboxylic acids is 1. The number of hydrogen-bond donors (Lipinski definition) is 2. The summed E-state index contributed by atoms with van der Waals surface area (Å²) in [6.07, 6.45) is 4.71. The zero-order chi connectivity index (χ0) is 15.0. The summed E-state index contributed by atoms with van der Waals surface area (Å²) in [5.74, 6) is -1.26. The van der Waals surface area contributed by atoms with Crippen LogP contribution in [0.5, 0.6) is 0 Å². The van der Waals surface area contributed by atoms with Crippen molar-refractivity contribution in [2.75, 3.05) is 13.7 Å². The number of carbonyl (C=O) groups is 3. The van der Waals surface area contributed by atoms with Gasteiger partial charge in [0.1, 0.15) is 0 Å². The summed E-state index contributed by atoms with van der Waals surface area (Å²) in [5.41, 5.74) is -0.377. The van der Waals surface area contributed by atoms with Crippen molar-refractivity contribution in [2.24, 2.45) is 5.41 Å². The fraction of sp³-hybridized carbons (Fsp3) is 0.786. The van der Waals surface area contributed by atoms with E-state index in [1.807, 2.05) is 0 Å². The molecule has 1 saturated carbocycles. The fourth-order valence-electron chi connectivity index (χ4n) is 2.83. The number of hydrogen-bond acceptors (Lipinski definition) is 4. The highest BCUT2D eigenvalue weighted by molar-refractivity contribution is 5.78. The van der Waals surface area contributed by atoms with E-state index in [0.29, 0.717) is 13.0 Å². The van der Waals surface area contributed by atoms with Gasteiger partial charge in [0.25, 0.3) is 0 Å². The Hall–Kier alpha value is -1.59.